The minimum atomic E-state index is -0.505. The van der Waals surface area contributed by atoms with E-state index in [4.69, 9.17) is 17.3 Å². The number of aromatic nitrogens is 2. The number of hydrogen-bond donors (Lipinski definition) is 2. The minimum absolute atomic E-state index is 0.141. The topological polar surface area (TPSA) is 78.5 Å². The molecule has 0 unspecified atom stereocenters. The van der Waals surface area contributed by atoms with Crippen molar-refractivity contribution in [3.05, 3.63) is 59.0 Å². The van der Waals surface area contributed by atoms with E-state index in [1.54, 1.807) is 30.3 Å². The second-order valence-corrected chi connectivity index (χ2v) is 5.05. The van der Waals surface area contributed by atoms with Gasteiger partial charge in [0.15, 0.2) is 0 Å². The fourth-order valence-corrected chi connectivity index (χ4v) is 2.40. The minimum Gasteiger partial charge on any atom is -0.399 e. The zero-order valence-electron chi connectivity index (χ0n) is 11.3. The molecule has 0 radical (unpaired) electrons. The van der Waals surface area contributed by atoms with E-state index in [9.17, 15) is 9.65 Å². The standard InChI is InChI=1S/C16H10ClFN4/c17-11-2-1-3-12(18)14(11)16-21-13(8-19)15(22-16)9-4-6-10(20)7-5-9/h1-7H,20H2,(H,21,22). The molecule has 0 aliphatic rings. The van der Waals surface area contributed by atoms with Crippen LogP contribution in [0.1, 0.15) is 5.69 Å². The molecule has 22 heavy (non-hydrogen) atoms. The van der Waals surface area contributed by atoms with Crippen molar-refractivity contribution in [2.75, 3.05) is 5.73 Å². The van der Waals surface area contributed by atoms with E-state index in [0.29, 0.717) is 16.9 Å². The first-order valence-electron chi connectivity index (χ1n) is 6.40. The van der Waals surface area contributed by atoms with Gasteiger partial charge in [-0.25, -0.2) is 9.37 Å². The maximum Gasteiger partial charge on any atom is 0.145 e. The van der Waals surface area contributed by atoms with Gasteiger partial charge in [-0.1, -0.05) is 29.8 Å². The molecule has 3 aromatic rings. The Kier molecular flexibility index (Phi) is 3.53. The number of rotatable bonds is 2. The summed E-state index contributed by atoms with van der Waals surface area (Å²) in [5, 5.41) is 9.48. The number of halogens is 2. The lowest BCUT2D eigenvalue weighted by Crippen LogP contribution is -1.88. The SMILES string of the molecule is N#Cc1[nH]c(-c2c(F)cccc2Cl)nc1-c1ccc(N)cc1. The summed E-state index contributed by atoms with van der Waals surface area (Å²) in [6.07, 6.45) is 0. The van der Waals surface area contributed by atoms with Crippen molar-refractivity contribution in [3.63, 3.8) is 0 Å². The molecule has 3 rings (SSSR count). The largest absolute Gasteiger partial charge is 0.399 e. The Morgan fingerprint density at radius 1 is 1.18 bits per heavy atom. The first kappa shape index (κ1) is 14.1. The third-order valence-electron chi connectivity index (χ3n) is 3.20. The van der Waals surface area contributed by atoms with E-state index >= 15 is 0 Å². The molecule has 4 nitrogen and oxygen atoms in total. The summed E-state index contributed by atoms with van der Waals surface area (Å²) in [5.74, 6) is -0.291. The second kappa shape index (κ2) is 5.51. The average molecular weight is 313 g/mol. The van der Waals surface area contributed by atoms with Crippen molar-refractivity contribution in [2.45, 2.75) is 0 Å². The number of aromatic amines is 1. The number of nitriles is 1. The lowest BCUT2D eigenvalue weighted by Gasteiger charge is -2.01. The molecule has 0 saturated heterocycles. The first-order valence-corrected chi connectivity index (χ1v) is 6.78. The van der Waals surface area contributed by atoms with Gasteiger partial charge in [0.2, 0.25) is 0 Å². The van der Waals surface area contributed by atoms with Gasteiger partial charge < -0.3 is 10.7 Å². The Balaban J connectivity index is 2.17. The molecule has 3 N–H and O–H groups in total. The zero-order valence-corrected chi connectivity index (χ0v) is 12.0. The number of anilines is 1. The molecule has 0 atom stereocenters. The van der Waals surface area contributed by atoms with Gasteiger partial charge in [-0.15, -0.1) is 0 Å². The lowest BCUT2D eigenvalue weighted by molar-refractivity contribution is 0.630. The Bertz CT molecular complexity index is 858. The van der Waals surface area contributed by atoms with E-state index in [2.05, 4.69) is 9.97 Å². The molecular weight excluding hydrogens is 303 g/mol. The van der Waals surface area contributed by atoms with Crippen molar-refractivity contribution in [2.24, 2.45) is 0 Å². The van der Waals surface area contributed by atoms with Gasteiger partial charge in [-0.3, -0.25) is 0 Å². The van der Waals surface area contributed by atoms with Crippen LogP contribution in [0.2, 0.25) is 5.02 Å². The van der Waals surface area contributed by atoms with Crippen molar-refractivity contribution in [3.8, 4) is 28.7 Å². The maximum absolute atomic E-state index is 14.0. The molecule has 2 aromatic carbocycles. The fraction of sp³-hybridized carbons (Fsp3) is 0. The van der Waals surface area contributed by atoms with Crippen molar-refractivity contribution in [1.29, 1.82) is 5.26 Å². The Hall–Kier alpha value is -2.84. The number of imidazole rings is 1. The molecule has 0 bridgehead atoms. The molecule has 0 amide bonds. The van der Waals surface area contributed by atoms with Crippen molar-refractivity contribution >= 4 is 17.3 Å². The highest BCUT2D eigenvalue weighted by Crippen LogP contribution is 2.32. The summed E-state index contributed by atoms with van der Waals surface area (Å²) in [5.41, 5.74) is 7.77. The van der Waals surface area contributed by atoms with Gasteiger partial charge in [-0.2, -0.15) is 5.26 Å². The number of benzene rings is 2. The van der Waals surface area contributed by atoms with Crippen molar-refractivity contribution in [1.82, 2.24) is 9.97 Å². The van der Waals surface area contributed by atoms with Crippen LogP contribution in [0.25, 0.3) is 22.6 Å². The third kappa shape index (κ3) is 2.41. The molecular formula is C16H10ClFN4. The molecule has 0 fully saturated rings. The van der Waals surface area contributed by atoms with Crippen LogP contribution in [0.3, 0.4) is 0 Å². The normalized spacial score (nSPS) is 10.4. The van der Waals surface area contributed by atoms with Crippen molar-refractivity contribution < 1.29 is 4.39 Å². The Morgan fingerprint density at radius 3 is 2.55 bits per heavy atom. The van der Waals surface area contributed by atoms with Crippen LogP contribution in [0.5, 0.6) is 0 Å². The van der Waals surface area contributed by atoms with Crippen LogP contribution in [-0.4, -0.2) is 9.97 Å². The predicted molar refractivity (Wildman–Crippen MR) is 83.6 cm³/mol. The summed E-state index contributed by atoms with van der Waals surface area (Å²) < 4.78 is 14.0. The molecule has 108 valence electrons. The van der Waals surface area contributed by atoms with Crippen LogP contribution in [0.4, 0.5) is 10.1 Å². The highest BCUT2D eigenvalue weighted by molar-refractivity contribution is 6.33. The van der Waals surface area contributed by atoms with Gasteiger partial charge in [0.1, 0.15) is 29.1 Å². The van der Waals surface area contributed by atoms with Crippen LogP contribution >= 0.6 is 11.6 Å². The number of nitrogen functional groups attached to an aromatic ring is 1. The molecule has 0 saturated carbocycles. The molecule has 6 heteroatoms. The molecule has 0 aliphatic heterocycles. The summed E-state index contributed by atoms with van der Waals surface area (Å²) >= 11 is 6.04. The summed E-state index contributed by atoms with van der Waals surface area (Å²) in [4.78, 5) is 7.14. The van der Waals surface area contributed by atoms with E-state index in [1.165, 1.54) is 12.1 Å². The van der Waals surface area contributed by atoms with Gasteiger partial charge >= 0.3 is 0 Å². The summed E-state index contributed by atoms with van der Waals surface area (Å²) in [6.45, 7) is 0. The van der Waals surface area contributed by atoms with E-state index < -0.39 is 5.82 Å². The lowest BCUT2D eigenvalue weighted by atomic mass is 10.1. The van der Waals surface area contributed by atoms with Crippen LogP contribution in [0, 0.1) is 17.1 Å². The predicted octanol–water partition coefficient (Wildman–Crippen LogP) is 3.99. The Morgan fingerprint density at radius 2 is 1.91 bits per heavy atom. The first-order chi connectivity index (χ1) is 10.6. The molecule has 0 aliphatic carbocycles. The number of H-pyrrole nitrogens is 1. The highest BCUT2D eigenvalue weighted by atomic mass is 35.5. The number of nitrogens with one attached hydrogen (secondary N) is 1. The quantitative estimate of drug-likeness (QED) is 0.702. The van der Waals surface area contributed by atoms with Crippen LogP contribution in [-0.2, 0) is 0 Å². The zero-order chi connectivity index (χ0) is 15.7. The van der Waals surface area contributed by atoms with Gasteiger partial charge in [-0.05, 0) is 24.3 Å². The van der Waals surface area contributed by atoms with E-state index in [1.807, 2.05) is 6.07 Å². The van der Waals surface area contributed by atoms with Gasteiger partial charge in [0.05, 0.1) is 10.6 Å². The molecule has 1 aromatic heterocycles. The Labute approximate surface area is 131 Å². The summed E-state index contributed by atoms with van der Waals surface area (Å²) in [6, 6.07) is 13.3. The van der Waals surface area contributed by atoms with Crippen LogP contribution in [0.15, 0.2) is 42.5 Å². The van der Waals surface area contributed by atoms with E-state index in [0.717, 1.165) is 0 Å². The monoisotopic (exact) mass is 312 g/mol. The average Bonchev–Trinajstić information content (AvgIpc) is 2.92. The summed E-state index contributed by atoms with van der Waals surface area (Å²) in [7, 11) is 0. The van der Waals surface area contributed by atoms with Gasteiger partial charge in [0.25, 0.3) is 0 Å². The highest BCUT2D eigenvalue weighted by Gasteiger charge is 2.17. The maximum atomic E-state index is 14.0. The molecule has 0 spiro atoms. The fourth-order valence-electron chi connectivity index (χ4n) is 2.15. The molecule has 1 heterocycles. The smallest absolute Gasteiger partial charge is 0.145 e. The third-order valence-corrected chi connectivity index (χ3v) is 3.51. The van der Waals surface area contributed by atoms with Crippen LogP contribution < -0.4 is 5.73 Å². The second-order valence-electron chi connectivity index (χ2n) is 4.64. The number of nitrogens with zero attached hydrogens (tertiary/aromatic N) is 2. The number of nitrogens with two attached hydrogens (primary N) is 1. The van der Waals surface area contributed by atoms with Gasteiger partial charge in [0, 0.05) is 11.3 Å². The van der Waals surface area contributed by atoms with E-state index in [-0.39, 0.29) is 22.1 Å². The number of hydrogen-bond acceptors (Lipinski definition) is 3.